The zero-order valence-corrected chi connectivity index (χ0v) is 25.3. The van der Waals surface area contributed by atoms with E-state index in [-0.39, 0.29) is 0 Å². The van der Waals surface area contributed by atoms with Gasteiger partial charge in [0.05, 0.1) is 11.4 Å². The van der Waals surface area contributed by atoms with Crippen LogP contribution in [0, 0.1) is 0 Å². The summed E-state index contributed by atoms with van der Waals surface area (Å²) in [6.07, 6.45) is 0. The Morgan fingerprint density at radius 3 is 1.23 bits per heavy atom. The average Bonchev–Trinajstić information content (AvgIpc) is 2.92. The summed E-state index contributed by atoms with van der Waals surface area (Å²) < 4.78 is 0. The van der Waals surface area contributed by atoms with Gasteiger partial charge in [0.2, 0.25) is 0 Å². The van der Waals surface area contributed by atoms with E-state index in [1.807, 2.05) is 0 Å². The Balaban J connectivity index is 1.94. The summed E-state index contributed by atoms with van der Waals surface area (Å²) in [6.45, 7) is 0. The Bertz CT molecular complexity index is 1520. The molecule has 5 rings (SSSR count). The molecule has 39 heavy (non-hydrogen) atoms. The summed E-state index contributed by atoms with van der Waals surface area (Å²) in [5, 5.41) is 9.21. The molecule has 0 N–H and O–H groups in total. The highest BCUT2D eigenvalue weighted by Crippen LogP contribution is 2.46. The molecule has 5 aromatic carbocycles. The molecule has 0 aliphatic rings. The van der Waals surface area contributed by atoms with E-state index in [1.54, 1.807) is 0 Å². The third kappa shape index (κ3) is 4.79. The molecule has 5 aromatic rings. The van der Waals surface area contributed by atoms with Crippen LogP contribution < -0.4 is 35.5 Å². The van der Waals surface area contributed by atoms with Crippen LogP contribution in [-0.4, -0.2) is 56.4 Å². The van der Waals surface area contributed by atoms with E-state index in [0.29, 0.717) is 0 Å². The van der Waals surface area contributed by atoms with Crippen molar-refractivity contribution < 1.29 is 0 Å². The highest BCUT2D eigenvalue weighted by Gasteiger charge is 2.27. The van der Waals surface area contributed by atoms with Crippen LogP contribution in [0.15, 0.2) is 91.0 Å². The predicted octanol–water partition coefficient (Wildman–Crippen LogP) is 6.02. The first kappa shape index (κ1) is 26.8. The molecule has 0 atom stereocenters. The molecule has 4 nitrogen and oxygen atoms in total. The van der Waals surface area contributed by atoms with Crippen molar-refractivity contribution in [2.24, 2.45) is 0 Å². The first-order chi connectivity index (χ1) is 18.7. The maximum absolute atomic E-state index is 2.37. The van der Waals surface area contributed by atoms with E-state index < -0.39 is 7.92 Å². The van der Waals surface area contributed by atoms with Gasteiger partial charge in [-0.05, 0) is 36.1 Å². The van der Waals surface area contributed by atoms with Crippen molar-refractivity contribution in [2.45, 2.75) is 0 Å². The topological polar surface area (TPSA) is 13.0 Å². The highest BCUT2D eigenvalue weighted by molar-refractivity contribution is 7.80. The molecule has 0 saturated carbocycles. The molecule has 0 heterocycles. The number of hydrogen-bond acceptors (Lipinski definition) is 4. The fraction of sp³-hybridized carbons (Fsp3) is 0.235. The molecule has 0 unspecified atom stereocenters. The molecular formula is C34H39N4P. The van der Waals surface area contributed by atoms with Gasteiger partial charge >= 0.3 is 0 Å². The zero-order valence-electron chi connectivity index (χ0n) is 24.4. The summed E-state index contributed by atoms with van der Waals surface area (Å²) in [5.41, 5.74) is 5.06. The van der Waals surface area contributed by atoms with Crippen LogP contribution in [0.1, 0.15) is 0 Å². The largest absolute Gasteiger partial charge is 0.377 e. The van der Waals surface area contributed by atoms with E-state index in [9.17, 15) is 0 Å². The Hall–Kier alpha value is -3.75. The van der Waals surface area contributed by atoms with Gasteiger partial charge in [0.1, 0.15) is 0 Å². The molecule has 0 radical (unpaired) electrons. The van der Waals surface area contributed by atoms with Gasteiger partial charge in [-0.1, -0.05) is 78.9 Å². The summed E-state index contributed by atoms with van der Waals surface area (Å²) in [5.74, 6) is 0. The Kier molecular flexibility index (Phi) is 7.42. The molecule has 0 spiro atoms. The van der Waals surface area contributed by atoms with Crippen molar-refractivity contribution in [2.75, 3.05) is 76.0 Å². The van der Waals surface area contributed by atoms with E-state index in [4.69, 9.17) is 0 Å². The standard InChI is InChI=1S/C34H39N4P/c1-35(2)27-18-12-14-24-20-22-29(33(31(24)27)37(5)6)39(26-16-10-9-11-17-26)30-23-21-25-15-13-19-28(36(3)4)32(25)34(30)38(7)8/h9-23H,1-8H3. The molecule has 0 bridgehead atoms. The van der Waals surface area contributed by atoms with E-state index >= 15 is 0 Å². The van der Waals surface area contributed by atoms with Gasteiger partial charge in [-0.25, -0.2) is 0 Å². The second kappa shape index (κ2) is 10.8. The van der Waals surface area contributed by atoms with Gasteiger partial charge in [-0.2, -0.15) is 0 Å². The molecule has 5 heteroatoms. The van der Waals surface area contributed by atoms with Gasteiger partial charge in [0.25, 0.3) is 0 Å². The quantitative estimate of drug-likeness (QED) is 0.237. The molecule has 0 aromatic heterocycles. The van der Waals surface area contributed by atoms with Crippen molar-refractivity contribution in [3.05, 3.63) is 91.0 Å². The second-order valence-electron chi connectivity index (χ2n) is 10.9. The van der Waals surface area contributed by atoms with Gasteiger partial charge in [0, 0.05) is 89.1 Å². The number of nitrogens with zero attached hydrogens (tertiary/aromatic N) is 4. The van der Waals surface area contributed by atoms with Crippen molar-refractivity contribution in [3.63, 3.8) is 0 Å². The van der Waals surface area contributed by atoms with Crippen molar-refractivity contribution in [1.82, 2.24) is 0 Å². The van der Waals surface area contributed by atoms with Crippen LogP contribution in [0.4, 0.5) is 22.7 Å². The van der Waals surface area contributed by atoms with Crippen LogP contribution >= 0.6 is 7.92 Å². The van der Waals surface area contributed by atoms with Crippen LogP contribution in [0.2, 0.25) is 0 Å². The average molecular weight is 535 g/mol. The minimum absolute atomic E-state index is 0.883. The fourth-order valence-electron chi connectivity index (χ4n) is 5.66. The van der Waals surface area contributed by atoms with E-state index in [0.717, 1.165) is 0 Å². The van der Waals surface area contributed by atoms with Crippen LogP contribution in [-0.2, 0) is 0 Å². The van der Waals surface area contributed by atoms with Crippen molar-refractivity contribution in [1.29, 1.82) is 0 Å². The first-order valence-corrected chi connectivity index (χ1v) is 14.7. The van der Waals surface area contributed by atoms with Gasteiger partial charge in [-0.15, -0.1) is 0 Å². The lowest BCUT2D eigenvalue weighted by Crippen LogP contribution is -2.30. The van der Waals surface area contributed by atoms with Crippen LogP contribution in [0.3, 0.4) is 0 Å². The lowest BCUT2D eigenvalue weighted by molar-refractivity contribution is 1.13. The van der Waals surface area contributed by atoms with Crippen molar-refractivity contribution >= 4 is 68.1 Å². The lowest BCUT2D eigenvalue weighted by Gasteiger charge is -2.32. The number of hydrogen-bond donors (Lipinski definition) is 0. The van der Waals surface area contributed by atoms with Gasteiger partial charge in [0.15, 0.2) is 0 Å². The molecule has 200 valence electrons. The molecule has 0 fully saturated rings. The van der Waals surface area contributed by atoms with Gasteiger partial charge in [-0.3, -0.25) is 0 Å². The Morgan fingerprint density at radius 2 is 0.846 bits per heavy atom. The third-order valence-corrected chi connectivity index (χ3v) is 9.80. The summed E-state index contributed by atoms with van der Waals surface area (Å²) in [6, 6.07) is 33.7. The minimum atomic E-state index is -0.883. The summed E-state index contributed by atoms with van der Waals surface area (Å²) >= 11 is 0. The second-order valence-corrected chi connectivity index (χ2v) is 13.0. The Labute approximate surface area is 234 Å². The fourth-order valence-corrected chi connectivity index (χ4v) is 8.44. The van der Waals surface area contributed by atoms with E-state index in [1.165, 1.54) is 60.2 Å². The number of fused-ring (bicyclic) bond motifs is 2. The summed E-state index contributed by atoms with van der Waals surface area (Å²) in [7, 11) is 16.4. The predicted molar refractivity (Wildman–Crippen MR) is 177 cm³/mol. The lowest BCUT2D eigenvalue weighted by atomic mass is 10.1. The molecule has 0 aliphatic carbocycles. The molecule has 0 aliphatic heterocycles. The van der Waals surface area contributed by atoms with Crippen molar-refractivity contribution in [3.8, 4) is 0 Å². The van der Waals surface area contributed by atoms with Crippen LogP contribution in [0.25, 0.3) is 21.5 Å². The number of rotatable bonds is 7. The number of benzene rings is 5. The van der Waals surface area contributed by atoms with Crippen LogP contribution in [0.5, 0.6) is 0 Å². The maximum atomic E-state index is 2.37. The maximum Gasteiger partial charge on any atom is 0.0546 e. The highest BCUT2D eigenvalue weighted by atomic mass is 31.1. The third-order valence-electron chi connectivity index (χ3n) is 7.30. The summed E-state index contributed by atoms with van der Waals surface area (Å²) in [4.78, 5) is 9.08. The smallest absolute Gasteiger partial charge is 0.0546 e. The molecular weight excluding hydrogens is 495 g/mol. The monoisotopic (exact) mass is 534 g/mol. The molecule has 0 saturated heterocycles. The van der Waals surface area contributed by atoms with Gasteiger partial charge < -0.3 is 19.6 Å². The number of anilines is 4. The molecule has 0 amide bonds. The normalized spacial score (nSPS) is 11.3. The first-order valence-electron chi connectivity index (χ1n) is 13.4. The Morgan fingerprint density at radius 1 is 0.410 bits per heavy atom. The minimum Gasteiger partial charge on any atom is -0.377 e. The van der Waals surface area contributed by atoms with E-state index in [2.05, 4.69) is 167 Å². The SMILES string of the molecule is CN(C)c1cccc2ccc(P(c3ccccc3)c3ccc4cccc(N(C)C)c4c3N(C)C)c(N(C)C)c12. The zero-order chi connectivity index (χ0) is 27.8.